The van der Waals surface area contributed by atoms with Crippen LogP contribution < -0.4 is 10.5 Å². The van der Waals surface area contributed by atoms with E-state index in [9.17, 15) is 9.18 Å². The highest BCUT2D eigenvalue weighted by molar-refractivity contribution is 5.82. The number of nitrogens with two attached hydrogens (primary N) is 1. The van der Waals surface area contributed by atoms with E-state index in [0.717, 1.165) is 18.7 Å². The molecule has 0 aromatic heterocycles. The van der Waals surface area contributed by atoms with Gasteiger partial charge in [-0.1, -0.05) is 13.8 Å². The lowest BCUT2D eigenvalue weighted by molar-refractivity contribution is -0.135. The zero-order chi connectivity index (χ0) is 17.0. The molecule has 6 heteroatoms. The molecule has 0 radical (unpaired) electrons. The van der Waals surface area contributed by atoms with Gasteiger partial charge in [0.15, 0.2) is 0 Å². The monoisotopic (exact) mass is 323 g/mol. The van der Waals surface area contributed by atoms with Crippen LogP contribution in [-0.2, 0) is 11.3 Å². The van der Waals surface area contributed by atoms with E-state index in [-0.39, 0.29) is 17.6 Å². The van der Waals surface area contributed by atoms with Crippen LogP contribution in [0.25, 0.3) is 0 Å². The standard InChI is InChI=1S/C17H26FN3O2/c1-12(2)16(19)17(22)21-8-6-20(7-9-21)11-13-10-14(18)4-5-15(13)23-3/h4-5,10,12,16H,6-9,11,19H2,1-3H3/t16-/m0/s1. The average Bonchev–Trinajstić information content (AvgIpc) is 2.54. The Balaban J connectivity index is 1.93. The molecule has 128 valence electrons. The number of rotatable bonds is 5. The summed E-state index contributed by atoms with van der Waals surface area (Å²) in [5.41, 5.74) is 6.77. The zero-order valence-electron chi connectivity index (χ0n) is 14.1. The molecular weight excluding hydrogens is 297 g/mol. The van der Waals surface area contributed by atoms with Crippen LogP contribution in [0.2, 0.25) is 0 Å². The highest BCUT2D eigenvalue weighted by atomic mass is 19.1. The second-order valence-electron chi connectivity index (χ2n) is 6.33. The third-order valence-corrected chi connectivity index (χ3v) is 4.32. The maximum Gasteiger partial charge on any atom is 0.239 e. The lowest BCUT2D eigenvalue weighted by Crippen LogP contribution is -2.54. The first-order valence-corrected chi connectivity index (χ1v) is 8.01. The van der Waals surface area contributed by atoms with Gasteiger partial charge in [0.05, 0.1) is 13.2 Å². The second kappa shape index (κ2) is 7.75. The predicted octanol–water partition coefficient (Wildman–Crippen LogP) is 1.46. The van der Waals surface area contributed by atoms with Crippen molar-refractivity contribution in [2.24, 2.45) is 11.7 Å². The molecule has 0 aliphatic carbocycles. The minimum Gasteiger partial charge on any atom is -0.496 e. The van der Waals surface area contributed by atoms with E-state index in [1.165, 1.54) is 12.1 Å². The number of carbonyl (C=O) groups is 1. The summed E-state index contributed by atoms with van der Waals surface area (Å²) >= 11 is 0. The van der Waals surface area contributed by atoms with Crippen LogP contribution >= 0.6 is 0 Å². The number of hydrogen-bond acceptors (Lipinski definition) is 4. The Hall–Kier alpha value is -1.66. The lowest BCUT2D eigenvalue weighted by atomic mass is 10.0. The fraction of sp³-hybridized carbons (Fsp3) is 0.588. The van der Waals surface area contributed by atoms with Gasteiger partial charge in [-0.3, -0.25) is 9.69 Å². The van der Waals surface area contributed by atoms with Gasteiger partial charge in [0.25, 0.3) is 0 Å². The maximum atomic E-state index is 13.4. The minimum absolute atomic E-state index is 0.0167. The normalized spacial score (nSPS) is 17.4. The van der Waals surface area contributed by atoms with Crippen molar-refractivity contribution in [2.75, 3.05) is 33.3 Å². The number of piperazine rings is 1. The van der Waals surface area contributed by atoms with Gasteiger partial charge in [0.1, 0.15) is 11.6 Å². The van der Waals surface area contributed by atoms with Crippen LogP contribution in [0, 0.1) is 11.7 Å². The molecule has 1 aromatic carbocycles. The molecule has 1 aliphatic heterocycles. The van der Waals surface area contributed by atoms with Gasteiger partial charge in [0.2, 0.25) is 5.91 Å². The van der Waals surface area contributed by atoms with Crippen LogP contribution in [0.5, 0.6) is 5.75 Å². The number of hydrogen-bond donors (Lipinski definition) is 1. The van der Waals surface area contributed by atoms with Crippen molar-refractivity contribution < 1.29 is 13.9 Å². The molecule has 1 amide bonds. The Bertz CT molecular complexity index is 543. The first-order valence-electron chi connectivity index (χ1n) is 8.01. The smallest absolute Gasteiger partial charge is 0.239 e. The van der Waals surface area contributed by atoms with Gasteiger partial charge in [-0.2, -0.15) is 0 Å². The number of ether oxygens (including phenoxy) is 1. The number of nitrogens with zero attached hydrogens (tertiary/aromatic N) is 2. The molecule has 2 N–H and O–H groups in total. The number of benzene rings is 1. The fourth-order valence-electron chi connectivity index (χ4n) is 2.73. The Labute approximate surface area is 137 Å². The molecule has 1 fully saturated rings. The predicted molar refractivity (Wildman–Crippen MR) is 87.6 cm³/mol. The molecule has 1 saturated heterocycles. The quantitative estimate of drug-likeness (QED) is 0.891. The summed E-state index contributed by atoms with van der Waals surface area (Å²) in [4.78, 5) is 16.3. The molecule has 2 rings (SSSR count). The van der Waals surface area contributed by atoms with Gasteiger partial charge in [-0.15, -0.1) is 0 Å². The summed E-state index contributed by atoms with van der Waals surface area (Å²) in [6.45, 7) is 7.31. The van der Waals surface area contributed by atoms with E-state index in [4.69, 9.17) is 10.5 Å². The van der Waals surface area contributed by atoms with Crippen LogP contribution in [0.3, 0.4) is 0 Å². The van der Waals surface area contributed by atoms with Gasteiger partial charge in [0, 0.05) is 38.3 Å². The van der Waals surface area contributed by atoms with E-state index in [1.54, 1.807) is 13.2 Å². The van der Waals surface area contributed by atoms with Crippen LogP contribution in [0.15, 0.2) is 18.2 Å². The van der Waals surface area contributed by atoms with E-state index in [0.29, 0.717) is 25.4 Å². The van der Waals surface area contributed by atoms with Crippen LogP contribution in [-0.4, -0.2) is 55.0 Å². The third kappa shape index (κ3) is 4.42. The Morgan fingerprint density at radius 1 is 1.30 bits per heavy atom. The Kier molecular flexibility index (Phi) is 5.96. The molecule has 23 heavy (non-hydrogen) atoms. The van der Waals surface area contributed by atoms with Crippen molar-refractivity contribution in [2.45, 2.75) is 26.4 Å². The van der Waals surface area contributed by atoms with Crippen LogP contribution in [0.4, 0.5) is 4.39 Å². The second-order valence-corrected chi connectivity index (χ2v) is 6.33. The topological polar surface area (TPSA) is 58.8 Å². The van der Waals surface area contributed by atoms with E-state index in [2.05, 4.69) is 4.90 Å². The third-order valence-electron chi connectivity index (χ3n) is 4.32. The largest absolute Gasteiger partial charge is 0.496 e. The first-order chi connectivity index (χ1) is 10.9. The zero-order valence-corrected chi connectivity index (χ0v) is 14.1. The summed E-state index contributed by atoms with van der Waals surface area (Å²) in [6.07, 6.45) is 0. The summed E-state index contributed by atoms with van der Waals surface area (Å²) < 4.78 is 18.7. The molecule has 0 spiro atoms. The van der Waals surface area contributed by atoms with Gasteiger partial charge in [-0.05, 0) is 24.1 Å². The van der Waals surface area contributed by atoms with Crippen molar-refractivity contribution in [3.63, 3.8) is 0 Å². The summed E-state index contributed by atoms with van der Waals surface area (Å²) in [5, 5.41) is 0. The summed E-state index contributed by atoms with van der Waals surface area (Å²) in [7, 11) is 1.58. The summed E-state index contributed by atoms with van der Waals surface area (Å²) in [6, 6.07) is 4.11. The van der Waals surface area contributed by atoms with Gasteiger partial charge in [-0.25, -0.2) is 4.39 Å². The number of carbonyl (C=O) groups excluding carboxylic acids is 1. The SMILES string of the molecule is COc1ccc(F)cc1CN1CCN(C(=O)[C@@H](N)C(C)C)CC1. The van der Waals surface area contributed by atoms with E-state index < -0.39 is 6.04 Å². The molecule has 5 nitrogen and oxygen atoms in total. The number of halogens is 1. The maximum absolute atomic E-state index is 13.4. The van der Waals surface area contributed by atoms with Crippen LogP contribution in [0.1, 0.15) is 19.4 Å². The van der Waals surface area contributed by atoms with Crippen molar-refractivity contribution in [3.8, 4) is 5.75 Å². The molecule has 0 saturated carbocycles. The Morgan fingerprint density at radius 2 is 1.96 bits per heavy atom. The lowest BCUT2D eigenvalue weighted by Gasteiger charge is -2.36. The molecular formula is C17H26FN3O2. The van der Waals surface area contributed by atoms with Gasteiger partial charge >= 0.3 is 0 Å². The Morgan fingerprint density at radius 3 is 2.52 bits per heavy atom. The molecule has 1 aliphatic rings. The number of amides is 1. The first kappa shape index (κ1) is 17.7. The van der Waals surface area contributed by atoms with Crippen molar-refractivity contribution in [1.29, 1.82) is 0 Å². The minimum atomic E-state index is -0.440. The highest BCUT2D eigenvalue weighted by Gasteiger charge is 2.27. The molecule has 0 bridgehead atoms. The molecule has 1 heterocycles. The van der Waals surface area contributed by atoms with Crippen molar-refractivity contribution >= 4 is 5.91 Å². The molecule has 1 atom stereocenters. The molecule has 0 unspecified atom stereocenters. The van der Waals surface area contributed by atoms with Gasteiger partial charge < -0.3 is 15.4 Å². The summed E-state index contributed by atoms with van der Waals surface area (Å²) in [5.74, 6) is 0.573. The van der Waals surface area contributed by atoms with Crippen molar-refractivity contribution in [1.82, 2.24) is 9.80 Å². The highest BCUT2D eigenvalue weighted by Crippen LogP contribution is 2.21. The fourth-order valence-corrected chi connectivity index (χ4v) is 2.73. The molecule has 1 aromatic rings. The van der Waals surface area contributed by atoms with Crippen molar-refractivity contribution in [3.05, 3.63) is 29.6 Å². The van der Waals surface area contributed by atoms with E-state index >= 15 is 0 Å². The number of methoxy groups -OCH3 is 1. The average molecular weight is 323 g/mol. The van der Waals surface area contributed by atoms with E-state index in [1.807, 2.05) is 18.7 Å².